The molecule has 0 amide bonds. The molecule has 1 fully saturated rings. The molecule has 0 aromatic carbocycles. The van der Waals surface area contributed by atoms with Crippen LogP contribution in [0.25, 0.3) is 0 Å². The van der Waals surface area contributed by atoms with Gasteiger partial charge in [0.25, 0.3) is 0 Å². The lowest BCUT2D eigenvalue weighted by Gasteiger charge is -2.27. The van der Waals surface area contributed by atoms with Crippen LogP contribution in [-0.4, -0.2) is 33.5 Å². The topological polar surface area (TPSA) is 88.3 Å². The van der Waals surface area contributed by atoms with Crippen LogP contribution >= 0.6 is 0 Å². The molecule has 2 unspecified atom stereocenters. The average molecular weight is 291 g/mol. The Bertz CT molecular complexity index is 515. The Hall–Kier alpha value is -1.51. The van der Waals surface area contributed by atoms with Crippen LogP contribution in [-0.2, 0) is 0 Å². The van der Waals surface area contributed by atoms with Gasteiger partial charge in [0.2, 0.25) is 0 Å². The fraction of sp³-hybridized carbons (Fsp3) is 0.688. The van der Waals surface area contributed by atoms with Crippen LogP contribution in [0.15, 0.2) is 23.0 Å². The van der Waals surface area contributed by atoms with Gasteiger partial charge in [0, 0.05) is 5.70 Å². The number of nitrogens with one attached hydrogen (secondary N) is 2. The first kappa shape index (κ1) is 15.9. The Morgan fingerprint density at radius 3 is 2.24 bits per heavy atom. The van der Waals surface area contributed by atoms with Crippen LogP contribution < -0.4 is 10.6 Å². The van der Waals surface area contributed by atoms with E-state index in [4.69, 9.17) is 0 Å². The third-order valence-electron chi connectivity index (χ3n) is 4.31. The van der Waals surface area contributed by atoms with Crippen LogP contribution in [0.2, 0.25) is 0 Å². The van der Waals surface area contributed by atoms with Crippen molar-refractivity contribution in [3.05, 3.63) is 23.0 Å². The molecule has 4 N–H and O–H groups in total. The van der Waals surface area contributed by atoms with Crippen molar-refractivity contribution in [1.29, 1.82) is 5.26 Å². The van der Waals surface area contributed by atoms with Crippen molar-refractivity contribution < 1.29 is 10.2 Å². The van der Waals surface area contributed by atoms with Gasteiger partial charge in [-0.25, -0.2) is 0 Å². The summed E-state index contributed by atoms with van der Waals surface area (Å²) in [6, 6.07) is 2.13. The van der Waals surface area contributed by atoms with Crippen LogP contribution in [0.5, 0.6) is 0 Å². The Morgan fingerprint density at radius 2 is 1.81 bits per heavy atom. The number of hydrogen-bond donors (Lipinski definition) is 4. The molecular weight excluding hydrogens is 266 g/mol. The third kappa shape index (κ3) is 3.39. The summed E-state index contributed by atoms with van der Waals surface area (Å²) in [5.41, 5.74) is 0.606. The molecule has 0 saturated carbocycles. The van der Waals surface area contributed by atoms with E-state index in [1.165, 1.54) is 0 Å². The van der Waals surface area contributed by atoms with Gasteiger partial charge in [-0.05, 0) is 47.0 Å². The number of nitrogens with zero attached hydrogens (tertiary/aromatic N) is 1. The maximum absolute atomic E-state index is 10.1. The monoisotopic (exact) mass is 291 g/mol. The van der Waals surface area contributed by atoms with Crippen molar-refractivity contribution in [3.63, 3.8) is 0 Å². The Kier molecular flexibility index (Phi) is 4.05. The van der Waals surface area contributed by atoms with E-state index in [2.05, 4.69) is 16.7 Å². The van der Waals surface area contributed by atoms with Crippen LogP contribution in [0, 0.1) is 11.3 Å². The smallest absolute Gasteiger partial charge is 0.103 e. The minimum atomic E-state index is -0.831. The van der Waals surface area contributed by atoms with Gasteiger partial charge in [-0.15, -0.1) is 0 Å². The van der Waals surface area contributed by atoms with Crippen LogP contribution in [0.3, 0.4) is 0 Å². The van der Waals surface area contributed by atoms with E-state index in [1.807, 2.05) is 6.08 Å². The summed E-state index contributed by atoms with van der Waals surface area (Å²) < 4.78 is 0. The summed E-state index contributed by atoms with van der Waals surface area (Å²) in [5, 5.41) is 36.1. The standard InChI is InChI=1S/C16H25N3O2/c1-15(2,20)13-7-5-11(18-13)10(9-17)12-6-8-14(19-12)16(3,4)21/h5,13-14,18-21H,6-8H2,1-4H3/b12-10-. The molecule has 0 aromatic rings. The summed E-state index contributed by atoms with van der Waals surface area (Å²) in [5.74, 6) is 0. The molecular formula is C16H25N3O2. The normalized spacial score (nSPS) is 28.5. The predicted octanol–water partition coefficient (Wildman–Crippen LogP) is 1.30. The highest BCUT2D eigenvalue weighted by Crippen LogP contribution is 2.30. The highest BCUT2D eigenvalue weighted by molar-refractivity contribution is 5.47. The fourth-order valence-electron chi connectivity index (χ4n) is 2.84. The maximum atomic E-state index is 10.1. The lowest BCUT2D eigenvalue weighted by atomic mass is 9.98. The van der Waals surface area contributed by atoms with E-state index >= 15 is 0 Å². The molecule has 2 heterocycles. The zero-order chi connectivity index (χ0) is 15.8. The van der Waals surface area contributed by atoms with E-state index in [0.717, 1.165) is 24.2 Å². The van der Waals surface area contributed by atoms with E-state index in [9.17, 15) is 15.5 Å². The number of allylic oxidation sites excluding steroid dienone is 2. The van der Waals surface area contributed by atoms with E-state index < -0.39 is 11.2 Å². The molecule has 2 atom stereocenters. The van der Waals surface area contributed by atoms with Crippen molar-refractivity contribution >= 4 is 0 Å². The molecule has 2 aliphatic rings. The van der Waals surface area contributed by atoms with Crippen molar-refractivity contribution in [1.82, 2.24) is 10.6 Å². The second kappa shape index (κ2) is 5.36. The lowest BCUT2D eigenvalue weighted by molar-refractivity contribution is 0.0459. The molecule has 21 heavy (non-hydrogen) atoms. The number of rotatable bonds is 3. The van der Waals surface area contributed by atoms with Crippen LogP contribution in [0.1, 0.15) is 47.0 Å². The van der Waals surface area contributed by atoms with Gasteiger partial charge in [-0.2, -0.15) is 5.26 Å². The molecule has 116 valence electrons. The lowest BCUT2D eigenvalue weighted by Crippen LogP contribution is -2.44. The summed E-state index contributed by atoms with van der Waals surface area (Å²) in [6.45, 7) is 7.08. The SMILES string of the molecule is CC(C)(O)C1CC=C(/C(C#N)=C2/CCC(C(C)(C)O)N2)N1. The maximum Gasteiger partial charge on any atom is 0.103 e. The Balaban J connectivity index is 2.16. The fourth-order valence-corrected chi connectivity index (χ4v) is 2.84. The number of aliphatic hydroxyl groups is 2. The van der Waals surface area contributed by atoms with Crippen LogP contribution in [0.4, 0.5) is 0 Å². The zero-order valence-electron chi connectivity index (χ0n) is 13.2. The summed E-state index contributed by atoms with van der Waals surface area (Å²) in [4.78, 5) is 0. The first-order valence-electron chi connectivity index (χ1n) is 7.44. The largest absolute Gasteiger partial charge is 0.388 e. The zero-order valence-corrected chi connectivity index (χ0v) is 13.2. The number of hydrogen-bond acceptors (Lipinski definition) is 5. The van der Waals surface area contributed by atoms with Crippen molar-refractivity contribution in [2.45, 2.75) is 70.2 Å². The van der Waals surface area contributed by atoms with E-state index in [1.54, 1.807) is 27.7 Å². The molecule has 0 aromatic heterocycles. The third-order valence-corrected chi connectivity index (χ3v) is 4.31. The molecule has 2 aliphatic heterocycles. The quantitative estimate of drug-likeness (QED) is 0.589. The summed E-state index contributed by atoms with van der Waals surface area (Å²) in [7, 11) is 0. The predicted molar refractivity (Wildman–Crippen MR) is 81.0 cm³/mol. The summed E-state index contributed by atoms with van der Waals surface area (Å²) in [6.07, 6.45) is 4.23. The van der Waals surface area contributed by atoms with Gasteiger partial charge >= 0.3 is 0 Å². The highest BCUT2D eigenvalue weighted by atomic mass is 16.3. The molecule has 0 bridgehead atoms. The van der Waals surface area contributed by atoms with Crippen molar-refractivity contribution in [2.24, 2.45) is 0 Å². The van der Waals surface area contributed by atoms with E-state index in [0.29, 0.717) is 12.0 Å². The van der Waals surface area contributed by atoms with Gasteiger partial charge < -0.3 is 20.8 Å². The minimum Gasteiger partial charge on any atom is -0.388 e. The molecule has 2 rings (SSSR count). The molecule has 5 nitrogen and oxygen atoms in total. The molecule has 5 heteroatoms. The average Bonchev–Trinajstić information content (AvgIpc) is 2.96. The van der Waals surface area contributed by atoms with Gasteiger partial charge in [0.1, 0.15) is 6.07 Å². The first-order valence-corrected chi connectivity index (χ1v) is 7.44. The molecule has 0 aliphatic carbocycles. The molecule has 0 radical (unpaired) electrons. The van der Waals surface area contributed by atoms with Gasteiger partial charge in [-0.1, -0.05) is 6.08 Å². The molecule has 0 spiro atoms. The number of nitriles is 1. The molecule has 1 saturated heterocycles. The highest BCUT2D eigenvalue weighted by Gasteiger charge is 2.35. The van der Waals surface area contributed by atoms with E-state index in [-0.39, 0.29) is 12.1 Å². The van der Waals surface area contributed by atoms with Gasteiger partial charge in [0.05, 0.1) is 34.6 Å². The van der Waals surface area contributed by atoms with Gasteiger partial charge in [0.15, 0.2) is 0 Å². The first-order chi connectivity index (χ1) is 9.63. The second-order valence-corrected chi connectivity index (χ2v) is 7.06. The minimum absolute atomic E-state index is 0.0390. The van der Waals surface area contributed by atoms with Crippen molar-refractivity contribution in [2.75, 3.05) is 0 Å². The second-order valence-electron chi connectivity index (χ2n) is 7.06. The van der Waals surface area contributed by atoms with Gasteiger partial charge in [-0.3, -0.25) is 0 Å². The Morgan fingerprint density at radius 1 is 1.19 bits per heavy atom. The Labute approximate surface area is 126 Å². The summed E-state index contributed by atoms with van der Waals surface area (Å²) >= 11 is 0. The van der Waals surface area contributed by atoms with Crippen molar-refractivity contribution in [3.8, 4) is 6.07 Å².